The Morgan fingerprint density at radius 1 is 1.32 bits per heavy atom. The van der Waals surface area contributed by atoms with Gasteiger partial charge in [-0.2, -0.15) is 15.2 Å². The number of methoxy groups -OCH3 is 1. The summed E-state index contributed by atoms with van der Waals surface area (Å²) in [6.45, 7) is 0. The van der Waals surface area contributed by atoms with Crippen molar-refractivity contribution in [1.82, 2.24) is 25.4 Å². The molecule has 0 aliphatic heterocycles. The maximum atomic E-state index is 4.93. The van der Waals surface area contributed by atoms with Crippen molar-refractivity contribution in [2.75, 3.05) is 12.4 Å². The SMILES string of the molecule is COc1nncc(Nc2cc(C3CCCC3)[nH]n2)n1. The first-order valence-electron chi connectivity index (χ1n) is 6.41. The normalized spacial score (nSPS) is 15.6. The van der Waals surface area contributed by atoms with E-state index in [1.807, 2.05) is 6.07 Å². The third-order valence-electron chi connectivity index (χ3n) is 3.37. The zero-order chi connectivity index (χ0) is 13.1. The van der Waals surface area contributed by atoms with Gasteiger partial charge < -0.3 is 10.1 Å². The molecular weight excluding hydrogens is 244 g/mol. The molecule has 0 atom stereocenters. The summed E-state index contributed by atoms with van der Waals surface area (Å²) in [5.41, 5.74) is 1.19. The topological polar surface area (TPSA) is 88.6 Å². The highest BCUT2D eigenvalue weighted by atomic mass is 16.5. The van der Waals surface area contributed by atoms with Crippen molar-refractivity contribution in [2.24, 2.45) is 0 Å². The summed E-state index contributed by atoms with van der Waals surface area (Å²) in [5.74, 6) is 1.92. The average molecular weight is 260 g/mol. The molecule has 100 valence electrons. The third kappa shape index (κ3) is 2.64. The molecule has 2 heterocycles. The second-order valence-corrected chi connectivity index (χ2v) is 4.64. The van der Waals surface area contributed by atoms with Crippen molar-refractivity contribution in [1.29, 1.82) is 0 Å². The fourth-order valence-electron chi connectivity index (χ4n) is 2.41. The molecule has 0 bridgehead atoms. The molecule has 3 rings (SSSR count). The average Bonchev–Trinajstić information content (AvgIpc) is 3.09. The van der Waals surface area contributed by atoms with E-state index in [1.54, 1.807) is 0 Å². The van der Waals surface area contributed by atoms with Gasteiger partial charge in [-0.3, -0.25) is 5.10 Å². The zero-order valence-electron chi connectivity index (χ0n) is 10.8. The first-order chi connectivity index (χ1) is 9.35. The number of rotatable bonds is 4. The minimum atomic E-state index is 0.233. The monoisotopic (exact) mass is 260 g/mol. The summed E-state index contributed by atoms with van der Waals surface area (Å²) in [5, 5.41) is 17.9. The van der Waals surface area contributed by atoms with Gasteiger partial charge in [0.2, 0.25) is 0 Å². The van der Waals surface area contributed by atoms with Crippen LogP contribution in [0.2, 0.25) is 0 Å². The van der Waals surface area contributed by atoms with E-state index in [1.165, 1.54) is 44.7 Å². The summed E-state index contributed by atoms with van der Waals surface area (Å²) in [6.07, 6.45) is 6.63. The van der Waals surface area contributed by atoms with Gasteiger partial charge >= 0.3 is 6.01 Å². The van der Waals surface area contributed by atoms with Crippen LogP contribution in [0.15, 0.2) is 12.3 Å². The summed E-state index contributed by atoms with van der Waals surface area (Å²) < 4.78 is 4.93. The second kappa shape index (κ2) is 5.21. The highest BCUT2D eigenvalue weighted by Gasteiger charge is 2.19. The highest BCUT2D eigenvalue weighted by Crippen LogP contribution is 2.33. The van der Waals surface area contributed by atoms with Crippen LogP contribution >= 0.6 is 0 Å². The van der Waals surface area contributed by atoms with Gasteiger partial charge in [0.15, 0.2) is 11.6 Å². The lowest BCUT2D eigenvalue weighted by molar-refractivity contribution is 0.374. The van der Waals surface area contributed by atoms with Gasteiger partial charge in [-0.1, -0.05) is 17.9 Å². The van der Waals surface area contributed by atoms with Crippen molar-refractivity contribution < 1.29 is 4.74 Å². The van der Waals surface area contributed by atoms with E-state index in [9.17, 15) is 0 Å². The molecule has 0 unspecified atom stereocenters. The van der Waals surface area contributed by atoms with Crippen LogP contribution in [0.3, 0.4) is 0 Å². The van der Waals surface area contributed by atoms with Crippen LogP contribution in [-0.4, -0.2) is 32.5 Å². The molecule has 1 aliphatic carbocycles. The molecule has 1 fully saturated rings. The molecule has 0 amide bonds. The maximum absolute atomic E-state index is 4.93. The molecule has 19 heavy (non-hydrogen) atoms. The van der Waals surface area contributed by atoms with Crippen LogP contribution < -0.4 is 10.1 Å². The Morgan fingerprint density at radius 2 is 2.16 bits per heavy atom. The van der Waals surface area contributed by atoms with E-state index < -0.39 is 0 Å². The van der Waals surface area contributed by atoms with Gasteiger partial charge in [-0.05, 0) is 12.8 Å². The molecule has 1 aliphatic rings. The number of anilines is 2. The minimum absolute atomic E-state index is 0.233. The highest BCUT2D eigenvalue weighted by molar-refractivity contribution is 5.50. The number of aromatic nitrogens is 5. The van der Waals surface area contributed by atoms with Crippen LogP contribution in [0.4, 0.5) is 11.6 Å². The van der Waals surface area contributed by atoms with E-state index in [4.69, 9.17) is 4.74 Å². The number of hydrogen-bond acceptors (Lipinski definition) is 6. The van der Waals surface area contributed by atoms with Crippen molar-refractivity contribution in [3.8, 4) is 6.01 Å². The van der Waals surface area contributed by atoms with E-state index >= 15 is 0 Å². The number of ether oxygens (including phenoxy) is 1. The molecule has 0 radical (unpaired) electrons. The molecule has 1 saturated carbocycles. The van der Waals surface area contributed by atoms with Crippen LogP contribution in [0.25, 0.3) is 0 Å². The van der Waals surface area contributed by atoms with Gasteiger partial charge in [0.1, 0.15) is 0 Å². The molecule has 2 aromatic heterocycles. The molecule has 2 N–H and O–H groups in total. The lowest BCUT2D eigenvalue weighted by Gasteiger charge is -2.03. The molecular formula is C12H16N6O. The largest absolute Gasteiger partial charge is 0.466 e. The Kier molecular flexibility index (Phi) is 3.26. The van der Waals surface area contributed by atoms with E-state index in [0.717, 1.165) is 5.82 Å². The van der Waals surface area contributed by atoms with Crippen LogP contribution in [0.1, 0.15) is 37.3 Å². The Labute approximate surface area is 110 Å². The Balaban J connectivity index is 1.72. The van der Waals surface area contributed by atoms with Crippen molar-refractivity contribution in [2.45, 2.75) is 31.6 Å². The predicted molar refractivity (Wildman–Crippen MR) is 69.5 cm³/mol. The van der Waals surface area contributed by atoms with E-state index in [2.05, 4.69) is 30.7 Å². The third-order valence-corrected chi connectivity index (χ3v) is 3.37. The molecule has 7 nitrogen and oxygen atoms in total. The number of H-pyrrole nitrogens is 1. The van der Waals surface area contributed by atoms with Gasteiger partial charge in [-0.15, -0.1) is 0 Å². The molecule has 2 aromatic rings. The van der Waals surface area contributed by atoms with E-state index in [-0.39, 0.29) is 6.01 Å². The van der Waals surface area contributed by atoms with Crippen LogP contribution in [-0.2, 0) is 0 Å². The summed E-state index contributed by atoms with van der Waals surface area (Å²) in [7, 11) is 1.51. The Bertz CT molecular complexity index is 549. The smallest absolute Gasteiger partial charge is 0.337 e. The second-order valence-electron chi connectivity index (χ2n) is 4.64. The Morgan fingerprint density at radius 3 is 2.95 bits per heavy atom. The number of nitrogens with zero attached hydrogens (tertiary/aromatic N) is 4. The van der Waals surface area contributed by atoms with Gasteiger partial charge in [0.25, 0.3) is 0 Å². The quantitative estimate of drug-likeness (QED) is 0.874. The molecule has 0 saturated heterocycles. The first-order valence-corrected chi connectivity index (χ1v) is 6.41. The van der Waals surface area contributed by atoms with Crippen LogP contribution in [0.5, 0.6) is 6.01 Å². The van der Waals surface area contributed by atoms with Gasteiger partial charge in [0, 0.05) is 17.7 Å². The molecule has 0 aromatic carbocycles. The molecule has 7 heteroatoms. The Hall–Kier alpha value is -2.18. The molecule has 0 spiro atoms. The van der Waals surface area contributed by atoms with E-state index in [0.29, 0.717) is 11.7 Å². The summed E-state index contributed by atoms with van der Waals surface area (Å²) >= 11 is 0. The van der Waals surface area contributed by atoms with Crippen molar-refractivity contribution in [3.05, 3.63) is 18.0 Å². The summed E-state index contributed by atoms with van der Waals surface area (Å²) in [6, 6.07) is 2.27. The van der Waals surface area contributed by atoms with Crippen molar-refractivity contribution in [3.63, 3.8) is 0 Å². The predicted octanol–water partition coefficient (Wildman–Crippen LogP) is 2.00. The minimum Gasteiger partial charge on any atom is -0.466 e. The lowest BCUT2D eigenvalue weighted by Crippen LogP contribution is -1.99. The maximum Gasteiger partial charge on any atom is 0.337 e. The fourth-order valence-corrected chi connectivity index (χ4v) is 2.41. The van der Waals surface area contributed by atoms with Crippen LogP contribution in [0, 0.1) is 0 Å². The van der Waals surface area contributed by atoms with Gasteiger partial charge in [-0.25, -0.2) is 0 Å². The standard InChI is InChI=1S/C12H16N6O/c1-19-12-15-11(7-13-18-12)14-10-6-9(16-17-10)8-4-2-3-5-8/h6-8H,2-5H2,1H3,(H2,14,15,16,17,18). The number of aromatic amines is 1. The first kappa shape index (κ1) is 11.9. The summed E-state index contributed by atoms with van der Waals surface area (Å²) in [4.78, 5) is 4.13. The van der Waals surface area contributed by atoms with Gasteiger partial charge in [0.05, 0.1) is 13.3 Å². The lowest BCUT2D eigenvalue weighted by atomic mass is 10.0. The number of hydrogen-bond donors (Lipinski definition) is 2. The fraction of sp³-hybridized carbons (Fsp3) is 0.500. The van der Waals surface area contributed by atoms with Crippen molar-refractivity contribution >= 4 is 11.6 Å². The zero-order valence-corrected chi connectivity index (χ0v) is 10.8. The number of nitrogens with one attached hydrogen (secondary N) is 2.